The van der Waals surface area contributed by atoms with E-state index in [2.05, 4.69) is 5.32 Å². The third kappa shape index (κ3) is 2.47. The topological polar surface area (TPSA) is 89.9 Å². The molecule has 0 spiro atoms. The van der Waals surface area contributed by atoms with Crippen LogP contribution >= 0.6 is 0 Å². The Morgan fingerprint density at radius 2 is 1.92 bits per heavy atom. The average Bonchev–Trinajstić information content (AvgIpc) is 2.95. The van der Waals surface area contributed by atoms with Crippen molar-refractivity contribution in [1.82, 2.24) is 4.90 Å². The molecule has 0 bridgehead atoms. The maximum Gasteiger partial charge on any atom is 0.249 e. The lowest BCUT2D eigenvalue weighted by atomic mass is 9.63. The average molecular weight is 358 g/mol. The molecule has 3 N–H and O–H groups in total. The molecule has 1 fully saturated rings. The van der Waals surface area contributed by atoms with Crippen molar-refractivity contribution in [2.24, 2.45) is 5.41 Å². The van der Waals surface area contributed by atoms with E-state index in [4.69, 9.17) is 5.11 Å². The number of carbonyl (C=O) groups is 2. The lowest BCUT2D eigenvalue weighted by Crippen LogP contribution is -2.62. The van der Waals surface area contributed by atoms with E-state index in [0.29, 0.717) is 30.6 Å². The molecule has 1 saturated heterocycles. The van der Waals surface area contributed by atoms with Crippen molar-refractivity contribution in [1.29, 1.82) is 0 Å². The second-order valence-electron chi connectivity index (χ2n) is 7.05. The molecule has 4 rings (SSSR count). The molecule has 6 nitrogen and oxygen atoms in total. The third-order valence-corrected chi connectivity index (χ3v) is 6.08. The van der Waals surface area contributed by atoms with Crippen LogP contribution in [0.3, 0.4) is 0 Å². The van der Waals surface area contributed by atoms with Gasteiger partial charge in [-0.25, -0.2) is 0 Å². The van der Waals surface area contributed by atoms with E-state index in [-0.39, 0.29) is 11.8 Å². The Kier molecular flexibility index (Phi) is 4.90. The SMILES string of the molecule is CC[C@@]12CCCN3C(=O)C=C(c4ccccc4NC(=O)CC1)[C@]32O.CO. The van der Waals surface area contributed by atoms with Crippen LogP contribution in [0.1, 0.15) is 44.6 Å². The van der Waals surface area contributed by atoms with E-state index in [1.807, 2.05) is 31.2 Å². The van der Waals surface area contributed by atoms with Crippen LogP contribution < -0.4 is 5.32 Å². The smallest absolute Gasteiger partial charge is 0.249 e. The second kappa shape index (κ2) is 6.85. The fraction of sp³-hybridized carbons (Fsp3) is 0.500. The van der Waals surface area contributed by atoms with Crippen molar-refractivity contribution in [3.05, 3.63) is 35.9 Å². The summed E-state index contributed by atoms with van der Waals surface area (Å²) >= 11 is 0. The number of rotatable bonds is 1. The molecule has 0 aromatic heterocycles. The molecule has 1 aromatic rings. The van der Waals surface area contributed by atoms with Crippen LogP contribution in [0.2, 0.25) is 0 Å². The Bertz CT molecular complexity index is 760. The van der Waals surface area contributed by atoms with Gasteiger partial charge in [-0.15, -0.1) is 0 Å². The number of fused-ring (bicyclic) bond motifs is 2. The largest absolute Gasteiger partial charge is 0.400 e. The standard InChI is InChI=1S/C19H22N2O3.CH4O/c1-2-18-9-5-11-21-17(23)12-14(19(18,21)24)13-6-3-4-7-15(13)20-16(22)8-10-18;1-2/h3-4,6-7,12,24H,2,5,8-11H2,1H3,(H,20,22);2H,1H3/t18-,19-;/m1./s1. The number of para-hydroxylation sites is 1. The monoisotopic (exact) mass is 358 g/mol. The van der Waals surface area contributed by atoms with Crippen LogP contribution in [-0.2, 0) is 9.59 Å². The van der Waals surface area contributed by atoms with Crippen LogP contribution in [0, 0.1) is 5.41 Å². The number of benzene rings is 1. The number of hydrogen-bond donors (Lipinski definition) is 3. The van der Waals surface area contributed by atoms with E-state index in [1.165, 1.54) is 0 Å². The summed E-state index contributed by atoms with van der Waals surface area (Å²) in [5.74, 6) is -0.172. The molecule has 3 aliphatic heterocycles. The van der Waals surface area contributed by atoms with E-state index in [1.54, 1.807) is 11.0 Å². The van der Waals surface area contributed by atoms with Gasteiger partial charge in [0.05, 0.1) is 0 Å². The first-order chi connectivity index (χ1) is 12.5. The number of piperidine rings is 1. The molecule has 2 amide bonds. The Morgan fingerprint density at radius 1 is 1.19 bits per heavy atom. The third-order valence-electron chi connectivity index (χ3n) is 6.08. The van der Waals surface area contributed by atoms with Gasteiger partial charge in [0.25, 0.3) is 0 Å². The van der Waals surface area contributed by atoms with Crippen molar-refractivity contribution in [2.75, 3.05) is 19.0 Å². The predicted octanol–water partition coefficient (Wildman–Crippen LogP) is 2.13. The molecular formula is C20H26N2O4. The van der Waals surface area contributed by atoms with E-state index >= 15 is 0 Å². The van der Waals surface area contributed by atoms with Gasteiger partial charge in [-0.2, -0.15) is 0 Å². The number of nitrogens with one attached hydrogen (secondary N) is 1. The summed E-state index contributed by atoms with van der Waals surface area (Å²) in [5, 5.41) is 21.8. The first kappa shape index (κ1) is 18.6. The minimum atomic E-state index is -1.33. The van der Waals surface area contributed by atoms with Crippen LogP contribution in [0.4, 0.5) is 5.69 Å². The first-order valence-corrected chi connectivity index (χ1v) is 9.12. The first-order valence-electron chi connectivity index (χ1n) is 9.12. The minimum absolute atomic E-state index is 0.0390. The molecule has 3 heterocycles. The number of carbonyl (C=O) groups excluding carboxylic acids is 2. The number of nitrogens with zero attached hydrogens (tertiary/aromatic N) is 1. The van der Waals surface area contributed by atoms with Crippen LogP contribution in [0.5, 0.6) is 0 Å². The summed E-state index contributed by atoms with van der Waals surface area (Å²) in [4.78, 5) is 26.6. The van der Waals surface area contributed by atoms with Crippen molar-refractivity contribution in [2.45, 2.75) is 44.8 Å². The molecule has 1 aromatic carbocycles. The van der Waals surface area contributed by atoms with Crippen molar-refractivity contribution < 1.29 is 19.8 Å². The Balaban J connectivity index is 0.000000948. The zero-order chi connectivity index (χ0) is 18.9. The van der Waals surface area contributed by atoms with Crippen molar-refractivity contribution >= 4 is 23.1 Å². The molecule has 0 aliphatic carbocycles. The number of hydrogen-bond acceptors (Lipinski definition) is 4. The second-order valence-corrected chi connectivity index (χ2v) is 7.05. The van der Waals surface area contributed by atoms with Gasteiger partial charge in [0, 0.05) is 48.4 Å². The lowest BCUT2D eigenvalue weighted by molar-refractivity contribution is -0.183. The fourth-order valence-corrected chi connectivity index (χ4v) is 4.76. The molecule has 140 valence electrons. The quantitative estimate of drug-likeness (QED) is 0.717. The maximum atomic E-state index is 12.6. The summed E-state index contributed by atoms with van der Waals surface area (Å²) in [6.07, 6.45) is 4.87. The minimum Gasteiger partial charge on any atom is -0.400 e. The predicted molar refractivity (Wildman–Crippen MR) is 99.0 cm³/mol. The van der Waals surface area contributed by atoms with Crippen LogP contribution in [-0.4, -0.2) is 46.3 Å². The zero-order valence-corrected chi connectivity index (χ0v) is 15.3. The highest BCUT2D eigenvalue weighted by Gasteiger charge is 2.61. The van der Waals surface area contributed by atoms with Gasteiger partial charge < -0.3 is 20.4 Å². The number of anilines is 1. The summed E-state index contributed by atoms with van der Waals surface area (Å²) in [6.45, 7) is 2.60. The normalized spacial score (nSPS) is 29.8. The number of aliphatic hydroxyl groups is 2. The highest BCUT2D eigenvalue weighted by molar-refractivity contribution is 6.06. The highest BCUT2D eigenvalue weighted by atomic mass is 16.3. The molecule has 6 heteroatoms. The highest BCUT2D eigenvalue weighted by Crippen LogP contribution is 2.57. The van der Waals surface area contributed by atoms with Gasteiger partial charge in [0.1, 0.15) is 0 Å². The van der Waals surface area contributed by atoms with Gasteiger partial charge in [-0.1, -0.05) is 25.1 Å². The van der Waals surface area contributed by atoms with Gasteiger partial charge in [-0.3, -0.25) is 9.59 Å². The van der Waals surface area contributed by atoms with Gasteiger partial charge in [-0.05, 0) is 31.7 Å². The molecule has 0 radical (unpaired) electrons. The molecule has 3 aliphatic rings. The Hall–Kier alpha value is -2.18. The van der Waals surface area contributed by atoms with Gasteiger partial charge in [0.2, 0.25) is 11.8 Å². The molecule has 2 atom stereocenters. The lowest BCUT2D eigenvalue weighted by Gasteiger charge is -2.54. The van der Waals surface area contributed by atoms with E-state index in [9.17, 15) is 14.7 Å². The van der Waals surface area contributed by atoms with Crippen molar-refractivity contribution in [3.8, 4) is 0 Å². The maximum absolute atomic E-state index is 12.6. The summed E-state index contributed by atoms with van der Waals surface area (Å²) in [7, 11) is 1.00. The van der Waals surface area contributed by atoms with Gasteiger partial charge >= 0.3 is 0 Å². The summed E-state index contributed by atoms with van der Waals surface area (Å²) in [6, 6.07) is 7.42. The Morgan fingerprint density at radius 3 is 2.65 bits per heavy atom. The van der Waals surface area contributed by atoms with Crippen molar-refractivity contribution in [3.63, 3.8) is 0 Å². The summed E-state index contributed by atoms with van der Waals surface area (Å²) < 4.78 is 0. The van der Waals surface area contributed by atoms with Crippen LogP contribution in [0.25, 0.3) is 5.57 Å². The van der Waals surface area contributed by atoms with Crippen LogP contribution in [0.15, 0.2) is 30.3 Å². The van der Waals surface area contributed by atoms with E-state index < -0.39 is 11.1 Å². The Labute approximate surface area is 153 Å². The molecule has 0 saturated carbocycles. The number of amides is 2. The molecule has 0 unspecified atom stereocenters. The number of aliphatic hydroxyl groups excluding tert-OH is 1. The molecule has 26 heavy (non-hydrogen) atoms. The fourth-order valence-electron chi connectivity index (χ4n) is 4.76. The molecular weight excluding hydrogens is 332 g/mol. The summed E-state index contributed by atoms with van der Waals surface area (Å²) in [5.41, 5.74) is 0.212. The zero-order valence-electron chi connectivity index (χ0n) is 15.3. The van der Waals surface area contributed by atoms with Gasteiger partial charge in [0.15, 0.2) is 5.72 Å². The van der Waals surface area contributed by atoms with E-state index in [0.717, 1.165) is 31.9 Å².